The zero-order valence-electron chi connectivity index (χ0n) is 11.1. The summed E-state index contributed by atoms with van der Waals surface area (Å²) in [6, 6.07) is 12.6. The molecule has 0 unspecified atom stereocenters. The highest BCUT2D eigenvalue weighted by molar-refractivity contribution is 5.90. The van der Waals surface area contributed by atoms with E-state index in [0.717, 1.165) is 10.9 Å². The Morgan fingerprint density at radius 1 is 1.20 bits per heavy atom. The van der Waals surface area contributed by atoms with E-state index in [2.05, 4.69) is 0 Å². The highest BCUT2D eigenvalue weighted by Crippen LogP contribution is 2.24. The molecule has 0 saturated heterocycles. The van der Waals surface area contributed by atoms with Crippen LogP contribution in [0.1, 0.15) is 5.56 Å². The minimum absolute atomic E-state index is 0.277. The van der Waals surface area contributed by atoms with Gasteiger partial charge in [0.25, 0.3) is 0 Å². The average molecular weight is 270 g/mol. The summed E-state index contributed by atoms with van der Waals surface area (Å²) in [5.74, 6) is 0.240. The highest BCUT2D eigenvalue weighted by atomic mass is 19.1. The zero-order chi connectivity index (χ0) is 14.1. The van der Waals surface area contributed by atoms with Crippen LogP contribution < -0.4 is 10.5 Å². The number of methoxy groups -OCH3 is 1. The Morgan fingerprint density at radius 3 is 2.80 bits per heavy atom. The molecule has 0 bridgehead atoms. The maximum Gasteiger partial charge on any atom is 0.131 e. The Balaban J connectivity index is 2.01. The van der Waals surface area contributed by atoms with Gasteiger partial charge in [-0.2, -0.15) is 0 Å². The first-order chi connectivity index (χ1) is 9.69. The van der Waals surface area contributed by atoms with Crippen LogP contribution in [0.4, 0.5) is 10.1 Å². The van der Waals surface area contributed by atoms with Crippen molar-refractivity contribution in [3.8, 4) is 5.75 Å². The van der Waals surface area contributed by atoms with Gasteiger partial charge in [0.1, 0.15) is 11.6 Å². The summed E-state index contributed by atoms with van der Waals surface area (Å²) in [5.41, 5.74) is 8.24. The van der Waals surface area contributed by atoms with Gasteiger partial charge in [-0.25, -0.2) is 4.39 Å². The lowest BCUT2D eigenvalue weighted by Gasteiger charge is -2.09. The van der Waals surface area contributed by atoms with E-state index in [-0.39, 0.29) is 5.82 Å². The van der Waals surface area contributed by atoms with E-state index in [4.69, 9.17) is 10.5 Å². The number of rotatable bonds is 3. The maximum atomic E-state index is 14.0. The van der Waals surface area contributed by atoms with Crippen LogP contribution in [0.3, 0.4) is 0 Å². The van der Waals surface area contributed by atoms with Gasteiger partial charge < -0.3 is 15.0 Å². The van der Waals surface area contributed by atoms with E-state index >= 15 is 0 Å². The topological polar surface area (TPSA) is 40.2 Å². The number of hydrogen-bond donors (Lipinski definition) is 1. The number of nitrogens with zero attached hydrogens (tertiary/aromatic N) is 1. The Kier molecular flexibility index (Phi) is 3.06. The molecule has 0 aliphatic heterocycles. The number of nitrogen functional groups attached to an aromatic ring is 1. The molecule has 3 nitrogen and oxygen atoms in total. The fraction of sp³-hybridized carbons (Fsp3) is 0.125. The highest BCUT2D eigenvalue weighted by Gasteiger charge is 2.08. The summed E-state index contributed by atoms with van der Waals surface area (Å²) >= 11 is 0. The molecule has 0 radical (unpaired) electrons. The molecule has 0 fully saturated rings. The second-order valence-electron chi connectivity index (χ2n) is 4.69. The van der Waals surface area contributed by atoms with Crippen molar-refractivity contribution < 1.29 is 9.13 Å². The number of hydrogen-bond acceptors (Lipinski definition) is 2. The average Bonchev–Trinajstić information content (AvgIpc) is 2.85. The van der Waals surface area contributed by atoms with Crippen molar-refractivity contribution in [3.05, 3.63) is 60.0 Å². The fourth-order valence-electron chi connectivity index (χ4n) is 2.39. The molecule has 0 aliphatic rings. The number of para-hydroxylation sites is 1. The predicted molar refractivity (Wildman–Crippen MR) is 78.4 cm³/mol. The standard InChI is InChI=1S/C16H15FN2O/c1-20-13-6-5-12(14(17)9-13)10-19-8-7-11-3-2-4-15(18)16(11)19/h2-9H,10,18H2,1H3. The van der Waals surface area contributed by atoms with Crippen LogP contribution in [0.5, 0.6) is 5.75 Å². The lowest BCUT2D eigenvalue weighted by molar-refractivity contribution is 0.410. The first-order valence-electron chi connectivity index (χ1n) is 6.35. The summed E-state index contributed by atoms with van der Waals surface area (Å²) in [4.78, 5) is 0. The molecule has 0 spiro atoms. The Hall–Kier alpha value is -2.49. The van der Waals surface area contributed by atoms with Crippen LogP contribution in [0.25, 0.3) is 10.9 Å². The minimum Gasteiger partial charge on any atom is -0.497 e. The molecule has 0 saturated carbocycles. The molecule has 3 rings (SSSR count). The quantitative estimate of drug-likeness (QED) is 0.741. The third kappa shape index (κ3) is 2.09. The zero-order valence-corrected chi connectivity index (χ0v) is 11.1. The number of benzene rings is 2. The first kappa shape index (κ1) is 12.5. The smallest absolute Gasteiger partial charge is 0.131 e. The minimum atomic E-state index is -0.277. The second-order valence-corrected chi connectivity index (χ2v) is 4.69. The summed E-state index contributed by atoms with van der Waals surface area (Å²) in [6.45, 7) is 0.438. The number of ether oxygens (including phenoxy) is 1. The molecule has 20 heavy (non-hydrogen) atoms. The first-order valence-corrected chi connectivity index (χ1v) is 6.35. The SMILES string of the molecule is COc1ccc(Cn2ccc3cccc(N)c32)c(F)c1. The molecule has 0 aliphatic carbocycles. The number of aromatic nitrogens is 1. The van der Waals surface area contributed by atoms with Crippen molar-refractivity contribution >= 4 is 16.6 Å². The summed E-state index contributed by atoms with van der Waals surface area (Å²) in [5, 5.41) is 1.05. The van der Waals surface area contributed by atoms with Crippen molar-refractivity contribution in [3.63, 3.8) is 0 Å². The van der Waals surface area contributed by atoms with E-state index in [1.54, 1.807) is 12.1 Å². The van der Waals surface area contributed by atoms with Crippen LogP contribution in [-0.2, 0) is 6.54 Å². The van der Waals surface area contributed by atoms with Crippen LogP contribution in [-0.4, -0.2) is 11.7 Å². The Labute approximate surface area is 116 Å². The van der Waals surface area contributed by atoms with E-state index < -0.39 is 0 Å². The van der Waals surface area contributed by atoms with Crippen LogP contribution in [0.15, 0.2) is 48.7 Å². The van der Waals surface area contributed by atoms with Crippen LogP contribution in [0, 0.1) is 5.82 Å². The van der Waals surface area contributed by atoms with E-state index in [1.165, 1.54) is 13.2 Å². The molecule has 0 amide bonds. The largest absolute Gasteiger partial charge is 0.497 e. The van der Waals surface area contributed by atoms with Crippen LogP contribution >= 0.6 is 0 Å². The van der Waals surface area contributed by atoms with Crippen molar-refractivity contribution in [2.45, 2.75) is 6.54 Å². The van der Waals surface area contributed by atoms with Gasteiger partial charge in [0.15, 0.2) is 0 Å². The molecule has 4 heteroatoms. The molecular weight excluding hydrogens is 255 g/mol. The molecule has 3 aromatic rings. The van der Waals surface area contributed by atoms with Crippen molar-refractivity contribution in [1.29, 1.82) is 0 Å². The van der Waals surface area contributed by atoms with Crippen LogP contribution in [0.2, 0.25) is 0 Å². The molecule has 102 valence electrons. The third-order valence-electron chi connectivity index (χ3n) is 3.42. The third-order valence-corrected chi connectivity index (χ3v) is 3.42. The second kappa shape index (κ2) is 4.89. The summed E-state index contributed by atoms with van der Waals surface area (Å²) < 4.78 is 21.0. The van der Waals surface area contributed by atoms with Gasteiger partial charge in [-0.05, 0) is 18.2 Å². The molecule has 1 aromatic heterocycles. The normalized spacial score (nSPS) is 10.9. The van der Waals surface area contributed by atoms with Gasteiger partial charge in [-0.3, -0.25) is 0 Å². The number of anilines is 1. The fourth-order valence-corrected chi connectivity index (χ4v) is 2.39. The van der Waals surface area contributed by atoms with E-state index in [9.17, 15) is 4.39 Å². The monoisotopic (exact) mass is 270 g/mol. The molecule has 2 N–H and O–H groups in total. The summed E-state index contributed by atoms with van der Waals surface area (Å²) in [6.07, 6.45) is 1.92. The molecule has 2 aromatic carbocycles. The molecule has 1 heterocycles. The van der Waals surface area contributed by atoms with Crippen molar-refractivity contribution in [2.24, 2.45) is 0 Å². The molecular formula is C16H15FN2O. The maximum absolute atomic E-state index is 14.0. The lowest BCUT2D eigenvalue weighted by atomic mass is 10.2. The Bertz CT molecular complexity index is 764. The number of fused-ring (bicyclic) bond motifs is 1. The van der Waals surface area contributed by atoms with Gasteiger partial charge in [0.2, 0.25) is 0 Å². The molecule has 0 atom stereocenters. The summed E-state index contributed by atoms with van der Waals surface area (Å²) in [7, 11) is 1.52. The van der Waals surface area contributed by atoms with Gasteiger partial charge in [0, 0.05) is 23.2 Å². The van der Waals surface area contributed by atoms with Crippen molar-refractivity contribution in [1.82, 2.24) is 4.57 Å². The number of nitrogens with two attached hydrogens (primary N) is 1. The predicted octanol–water partition coefficient (Wildman–Crippen LogP) is 3.42. The van der Waals surface area contributed by atoms with E-state index in [0.29, 0.717) is 23.5 Å². The lowest BCUT2D eigenvalue weighted by Crippen LogP contribution is -2.02. The van der Waals surface area contributed by atoms with Gasteiger partial charge in [-0.1, -0.05) is 18.2 Å². The van der Waals surface area contributed by atoms with Crippen molar-refractivity contribution in [2.75, 3.05) is 12.8 Å². The van der Waals surface area contributed by atoms with Gasteiger partial charge in [-0.15, -0.1) is 0 Å². The Morgan fingerprint density at radius 2 is 2.05 bits per heavy atom. The van der Waals surface area contributed by atoms with Gasteiger partial charge in [0.05, 0.1) is 24.9 Å². The number of halogens is 1. The van der Waals surface area contributed by atoms with E-state index in [1.807, 2.05) is 35.0 Å². The van der Waals surface area contributed by atoms with Gasteiger partial charge >= 0.3 is 0 Å².